The molecule has 0 bridgehead atoms. The lowest BCUT2D eigenvalue weighted by atomic mass is 10.4. The second kappa shape index (κ2) is 2.26. The zero-order valence-electron chi connectivity index (χ0n) is 6.01. The molecule has 60 valence electrons. The second-order valence-corrected chi connectivity index (χ2v) is 2.21. The van der Waals surface area contributed by atoms with Crippen LogP contribution in [0.15, 0.2) is 18.5 Å². The van der Waals surface area contributed by atoms with Crippen molar-refractivity contribution in [1.82, 2.24) is 19.8 Å². The zero-order valence-corrected chi connectivity index (χ0v) is 6.01. The number of nitrogens with zero attached hydrogens (tertiary/aromatic N) is 4. The number of primary amides is 1. The molecule has 0 spiro atoms. The van der Waals surface area contributed by atoms with Crippen molar-refractivity contribution in [3.05, 3.63) is 24.2 Å². The first-order chi connectivity index (χ1) is 5.77. The third-order valence-corrected chi connectivity index (χ3v) is 1.41. The fraction of sp³-hybridized carbons (Fsp3) is 0. The first-order valence-electron chi connectivity index (χ1n) is 3.24. The summed E-state index contributed by atoms with van der Waals surface area (Å²) in [5, 5.41) is 11.2. The molecule has 0 unspecified atom stereocenters. The summed E-state index contributed by atoms with van der Waals surface area (Å²) < 4.78 is 1.44. The number of aromatic nitrogens is 4. The minimum absolute atomic E-state index is 0.103. The van der Waals surface area contributed by atoms with E-state index in [4.69, 9.17) is 5.73 Å². The minimum Gasteiger partial charge on any atom is -0.364 e. The van der Waals surface area contributed by atoms with Gasteiger partial charge in [-0.15, -0.1) is 10.2 Å². The molecule has 0 aliphatic heterocycles. The topological polar surface area (TPSA) is 86.2 Å². The summed E-state index contributed by atoms with van der Waals surface area (Å²) in [6, 6.07) is 1.68. The Morgan fingerprint density at radius 1 is 1.50 bits per heavy atom. The zero-order chi connectivity index (χ0) is 8.55. The van der Waals surface area contributed by atoms with Gasteiger partial charge in [0.15, 0.2) is 11.3 Å². The fourth-order valence-electron chi connectivity index (χ4n) is 0.846. The summed E-state index contributed by atoms with van der Waals surface area (Å²) in [7, 11) is 0. The molecule has 0 fully saturated rings. The van der Waals surface area contributed by atoms with Crippen molar-refractivity contribution in [3.63, 3.8) is 0 Å². The van der Waals surface area contributed by atoms with Gasteiger partial charge in [0.05, 0.1) is 12.4 Å². The molecular formula is C6H5N5O. The van der Waals surface area contributed by atoms with Crippen LogP contribution in [0.3, 0.4) is 0 Å². The quantitative estimate of drug-likeness (QED) is 0.597. The lowest BCUT2D eigenvalue weighted by Crippen LogP contribution is -2.15. The van der Waals surface area contributed by atoms with Gasteiger partial charge in [-0.1, -0.05) is 0 Å². The third kappa shape index (κ3) is 0.895. The maximum absolute atomic E-state index is 10.6. The lowest BCUT2D eigenvalue weighted by Gasteiger charge is -1.93. The molecule has 0 saturated carbocycles. The van der Waals surface area contributed by atoms with Gasteiger partial charge in [0.1, 0.15) is 0 Å². The molecule has 12 heavy (non-hydrogen) atoms. The maximum atomic E-state index is 10.6. The van der Waals surface area contributed by atoms with E-state index in [1.807, 2.05) is 0 Å². The van der Waals surface area contributed by atoms with E-state index in [2.05, 4.69) is 15.3 Å². The van der Waals surface area contributed by atoms with Crippen LogP contribution >= 0.6 is 0 Å². The molecule has 6 nitrogen and oxygen atoms in total. The Bertz CT molecular complexity index is 434. The average molecular weight is 163 g/mol. The molecule has 6 heteroatoms. The molecule has 0 atom stereocenters. The van der Waals surface area contributed by atoms with Crippen LogP contribution in [0.5, 0.6) is 0 Å². The van der Waals surface area contributed by atoms with Crippen molar-refractivity contribution in [2.45, 2.75) is 0 Å². The molecule has 2 rings (SSSR count). The van der Waals surface area contributed by atoms with E-state index in [1.165, 1.54) is 10.7 Å². The highest BCUT2D eigenvalue weighted by Crippen LogP contribution is 1.96. The highest BCUT2D eigenvalue weighted by Gasteiger charge is 2.03. The number of hydrogen-bond donors (Lipinski definition) is 1. The number of nitrogens with two attached hydrogens (primary N) is 1. The molecule has 0 aliphatic rings. The average Bonchev–Trinajstić information content (AvgIpc) is 2.49. The molecular weight excluding hydrogens is 158 g/mol. The van der Waals surface area contributed by atoms with Crippen LogP contribution in [0.4, 0.5) is 0 Å². The smallest absolute Gasteiger partial charge is 0.270 e. The van der Waals surface area contributed by atoms with Gasteiger partial charge in [0.25, 0.3) is 5.91 Å². The lowest BCUT2D eigenvalue weighted by molar-refractivity contribution is 0.0994. The normalized spacial score (nSPS) is 10.3. The molecule has 2 N–H and O–H groups in total. The first-order valence-corrected chi connectivity index (χ1v) is 3.24. The SMILES string of the molecule is NC(=O)c1cn2nccc2nn1. The number of carbonyl (C=O) groups is 1. The van der Waals surface area contributed by atoms with Crippen LogP contribution in [0, 0.1) is 0 Å². The molecule has 0 aromatic carbocycles. The van der Waals surface area contributed by atoms with Crippen LogP contribution < -0.4 is 5.73 Å². The standard InChI is InChI=1S/C6H5N5O/c7-6(12)4-3-11-5(10-9-4)1-2-8-11/h1-3H,(H2,7,12). The predicted octanol–water partition coefficient (Wildman–Crippen LogP) is -0.777. The van der Waals surface area contributed by atoms with Crippen LogP contribution in [-0.2, 0) is 0 Å². The Morgan fingerprint density at radius 3 is 3.08 bits per heavy atom. The van der Waals surface area contributed by atoms with Crippen LogP contribution in [0.2, 0.25) is 0 Å². The highest BCUT2D eigenvalue weighted by molar-refractivity contribution is 5.90. The van der Waals surface area contributed by atoms with Crippen LogP contribution in [-0.4, -0.2) is 25.7 Å². The molecule has 0 radical (unpaired) electrons. The summed E-state index contributed by atoms with van der Waals surface area (Å²) >= 11 is 0. The van der Waals surface area contributed by atoms with Crippen molar-refractivity contribution in [2.75, 3.05) is 0 Å². The Hall–Kier alpha value is -1.98. The van der Waals surface area contributed by atoms with E-state index in [0.29, 0.717) is 5.65 Å². The van der Waals surface area contributed by atoms with E-state index < -0.39 is 5.91 Å². The second-order valence-electron chi connectivity index (χ2n) is 2.21. The number of fused-ring (bicyclic) bond motifs is 1. The summed E-state index contributed by atoms with van der Waals surface area (Å²) in [5.74, 6) is -0.611. The van der Waals surface area contributed by atoms with Crippen molar-refractivity contribution in [1.29, 1.82) is 0 Å². The Kier molecular flexibility index (Phi) is 1.26. The fourth-order valence-corrected chi connectivity index (χ4v) is 0.846. The highest BCUT2D eigenvalue weighted by atomic mass is 16.1. The molecule has 1 amide bonds. The van der Waals surface area contributed by atoms with Crippen molar-refractivity contribution >= 4 is 11.6 Å². The monoisotopic (exact) mass is 163 g/mol. The Balaban J connectivity index is 2.68. The predicted molar refractivity (Wildman–Crippen MR) is 39.3 cm³/mol. The summed E-state index contributed by atoms with van der Waals surface area (Å²) in [4.78, 5) is 10.6. The molecule has 2 aromatic heterocycles. The summed E-state index contributed by atoms with van der Waals surface area (Å²) in [5.41, 5.74) is 5.68. The third-order valence-electron chi connectivity index (χ3n) is 1.41. The maximum Gasteiger partial charge on any atom is 0.270 e. The number of hydrogen-bond acceptors (Lipinski definition) is 4. The number of amides is 1. The minimum atomic E-state index is -0.611. The molecule has 0 aliphatic carbocycles. The van der Waals surface area contributed by atoms with E-state index >= 15 is 0 Å². The van der Waals surface area contributed by atoms with Crippen LogP contribution in [0.1, 0.15) is 10.5 Å². The van der Waals surface area contributed by atoms with Gasteiger partial charge in [-0.3, -0.25) is 4.79 Å². The van der Waals surface area contributed by atoms with E-state index in [1.54, 1.807) is 12.3 Å². The summed E-state index contributed by atoms with van der Waals surface area (Å²) in [6.07, 6.45) is 3.00. The van der Waals surface area contributed by atoms with E-state index in [0.717, 1.165) is 0 Å². The Labute approximate surface area is 67.0 Å². The van der Waals surface area contributed by atoms with Gasteiger partial charge >= 0.3 is 0 Å². The largest absolute Gasteiger partial charge is 0.364 e. The first kappa shape index (κ1) is 6.71. The number of carbonyl (C=O) groups excluding carboxylic acids is 1. The molecule has 2 heterocycles. The van der Waals surface area contributed by atoms with Gasteiger partial charge in [0, 0.05) is 6.07 Å². The van der Waals surface area contributed by atoms with Crippen LogP contribution in [0.25, 0.3) is 5.65 Å². The van der Waals surface area contributed by atoms with Gasteiger partial charge in [0.2, 0.25) is 0 Å². The van der Waals surface area contributed by atoms with Gasteiger partial charge in [-0.25, -0.2) is 4.52 Å². The van der Waals surface area contributed by atoms with Crippen molar-refractivity contribution < 1.29 is 4.79 Å². The van der Waals surface area contributed by atoms with Gasteiger partial charge in [-0.2, -0.15) is 5.10 Å². The molecule has 0 saturated heterocycles. The van der Waals surface area contributed by atoms with Crippen molar-refractivity contribution in [3.8, 4) is 0 Å². The van der Waals surface area contributed by atoms with Gasteiger partial charge < -0.3 is 5.73 Å². The van der Waals surface area contributed by atoms with E-state index in [9.17, 15) is 4.79 Å². The van der Waals surface area contributed by atoms with Gasteiger partial charge in [-0.05, 0) is 0 Å². The molecule has 2 aromatic rings. The Morgan fingerprint density at radius 2 is 2.33 bits per heavy atom. The number of rotatable bonds is 1. The van der Waals surface area contributed by atoms with Crippen molar-refractivity contribution in [2.24, 2.45) is 5.73 Å². The summed E-state index contributed by atoms with van der Waals surface area (Å²) in [6.45, 7) is 0. The van der Waals surface area contributed by atoms with E-state index in [-0.39, 0.29) is 5.69 Å².